The first-order valence-corrected chi connectivity index (χ1v) is 4.55. The van der Waals surface area contributed by atoms with Crippen molar-refractivity contribution in [3.8, 4) is 5.75 Å². The standard InChI is InChI=1S/C8H8INO3.Ca/c9-5-3-4(1-2-6(5)11)7(10)8(12)13;/h1-3,7,11H,10H2,(H,12,13);/q;+2/p-1. The van der Waals surface area contributed by atoms with Crippen LogP contribution in [-0.2, 0) is 4.79 Å². The maximum Gasteiger partial charge on any atom is 2.00 e. The molecule has 14 heavy (non-hydrogen) atoms. The Kier molecular flexibility index (Phi) is 6.31. The summed E-state index contributed by atoms with van der Waals surface area (Å²) < 4.78 is 0.562. The van der Waals surface area contributed by atoms with Gasteiger partial charge in [-0.05, 0) is 40.3 Å². The summed E-state index contributed by atoms with van der Waals surface area (Å²) in [5, 5.41) is 19.5. The smallest absolute Gasteiger partial charge is 0.548 e. The molecule has 1 unspecified atom stereocenters. The third-order valence-corrected chi connectivity index (χ3v) is 2.45. The fraction of sp³-hybridized carbons (Fsp3) is 0.125. The molecule has 1 rings (SSSR count). The monoisotopic (exact) mass is 332 g/mol. The number of hydrogen-bond acceptors (Lipinski definition) is 4. The van der Waals surface area contributed by atoms with Gasteiger partial charge >= 0.3 is 37.7 Å². The van der Waals surface area contributed by atoms with Gasteiger partial charge in [-0.2, -0.15) is 0 Å². The van der Waals surface area contributed by atoms with Crippen molar-refractivity contribution >= 4 is 66.3 Å². The molecule has 0 radical (unpaired) electrons. The van der Waals surface area contributed by atoms with Gasteiger partial charge in [0.05, 0.1) is 15.6 Å². The summed E-state index contributed by atoms with van der Waals surface area (Å²) in [6.45, 7) is 0. The summed E-state index contributed by atoms with van der Waals surface area (Å²) in [5.41, 5.74) is 5.73. The van der Waals surface area contributed by atoms with Gasteiger partial charge in [0.1, 0.15) is 5.75 Å². The van der Waals surface area contributed by atoms with Crippen LogP contribution in [0.3, 0.4) is 0 Å². The predicted octanol–water partition coefficient (Wildman–Crippen LogP) is -0.634. The first kappa shape index (κ1) is 14.4. The summed E-state index contributed by atoms with van der Waals surface area (Å²) in [4.78, 5) is 10.4. The van der Waals surface area contributed by atoms with E-state index in [-0.39, 0.29) is 43.5 Å². The van der Waals surface area contributed by atoms with Crippen LogP contribution in [0.25, 0.3) is 0 Å². The molecule has 1 aromatic rings. The molecular formula is C8H7CaINO3+. The van der Waals surface area contributed by atoms with Gasteiger partial charge in [0.25, 0.3) is 0 Å². The Bertz CT molecular complexity index is 345. The van der Waals surface area contributed by atoms with E-state index >= 15 is 0 Å². The van der Waals surface area contributed by atoms with Crippen molar-refractivity contribution in [2.45, 2.75) is 6.04 Å². The minimum atomic E-state index is -1.33. The summed E-state index contributed by atoms with van der Waals surface area (Å²) in [6, 6.07) is 3.22. The molecule has 0 amide bonds. The number of phenols is 1. The van der Waals surface area contributed by atoms with Gasteiger partial charge in [0.15, 0.2) is 0 Å². The van der Waals surface area contributed by atoms with Crippen molar-refractivity contribution in [2.24, 2.45) is 5.73 Å². The van der Waals surface area contributed by atoms with Gasteiger partial charge in [0.2, 0.25) is 0 Å². The normalized spacial score (nSPS) is 11.6. The van der Waals surface area contributed by atoms with Crippen LogP contribution in [-0.4, -0.2) is 48.8 Å². The van der Waals surface area contributed by atoms with Crippen LogP contribution in [0.1, 0.15) is 11.6 Å². The van der Waals surface area contributed by atoms with E-state index in [9.17, 15) is 9.90 Å². The summed E-state index contributed by atoms with van der Waals surface area (Å²) in [7, 11) is 0. The molecule has 3 N–H and O–H groups in total. The zero-order chi connectivity index (χ0) is 10.0. The zero-order valence-corrected chi connectivity index (χ0v) is 11.6. The van der Waals surface area contributed by atoms with Crippen molar-refractivity contribution in [1.82, 2.24) is 0 Å². The first-order valence-electron chi connectivity index (χ1n) is 3.47. The van der Waals surface area contributed by atoms with E-state index < -0.39 is 12.0 Å². The number of carbonyl (C=O) groups is 1. The number of nitrogens with two attached hydrogens (primary N) is 1. The fourth-order valence-electron chi connectivity index (χ4n) is 0.853. The Morgan fingerprint density at radius 3 is 2.57 bits per heavy atom. The van der Waals surface area contributed by atoms with E-state index in [0.29, 0.717) is 9.13 Å². The molecule has 0 fully saturated rings. The first-order chi connectivity index (χ1) is 6.02. The second-order valence-corrected chi connectivity index (χ2v) is 3.67. The largest absolute Gasteiger partial charge is 2.00 e. The van der Waals surface area contributed by atoms with Crippen LogP contribution < -0.4 is 10.8 Å². The zero-order valence-electron chi connectivity index (χ0n) is 7.24. The number of carboxylic acids is 1. The van der Waals surface area contributed by atoms with E-state index in [2.05, 4.69) is 0 Å². The topological polar surface area (TPSA) is 86.4 Å². The Morgan fingerprint density at radius 2 is 2.14 bits per heavy atom. The molecule has 0 saturated carbocycles. The van der Waals surface area contributed by atoms with Crippen LogP contribution in [0.15, 0.2) is 18.2 Å². The minimum absolute atomic E-state index is 0. The number of rotatable bonds is 2. The van der Waals surface area contributed by atoms with E-state index in [1.807, 2.05) is 22.6 Å². The molecular weight excluding hydrogens is 325 g/mol. The molecule has 0 aliphatic heterocycles. The predicted molar refractivity (Wildman–Crippen MR) is 58.5 cm³/mol. The summed E-state index contributed by atoms with van der Waals surface area (Å²) in [5.74, 6) is -1.23. The Balaban J connectivity index is 0.00000169. The van der Waals surface area contributed by atoms with Gasteiger partial charge in [-0.25, -0.2) is 0 Å². The Hall–Kier alpha value is 0.440. The van der Waals surface area contributed by atoms with Gasteiger partial charge in [-0.3, -0.25) is 0 Å². The van der Waals surface area contributed by atoms with Crippen molar-refractivity contribution in [1.29, 1.82) is 0 Å². The minimum Gasteiger partial charge on any atom is -0.548 e. The number of aromatic hydroxyl groups is 1. The van der Waals surface area contributed by atoms with Crippen molar-refractivity contribution in [3.63, 3.8) is 0 Å². The average molecular weight is 332 g/mol. The molecule has 0 bridgehead atoms. The number of hydrogen-bond donors (Lipinski definition) is 2. The van der Waals surface area contributed by atoms with E-state index in [0.717, 1.165) is 0 Å². The second kappa shape index (κ2) is 6.12. The number of carboxylic acid groups (broad SMARTS) is 1. The summed E-state index contributed by atoms with van der Waals surface area (Å²) in [6.07, 6.45) is 0. The maximum absolute atomic E-state index is 10.4. The molecule has 0 aliphatic carbocycles. The van der Waals surface area contributed by atoms with Gasteiger partial charge in [-0.15, -0.1) is 0 Å². The molecule has 6 heteroatoms. The number of aliphatic carboxylic acids is 1. The van der Waals surface area contributed by atoms with Gasteiger partial charge in [0, 0.05) is 0 Å². The van der Waals surface area contributed by atoms with Crippen molar-refractivity contribution in [2.75, 3.05) is 0 Å². The molecule has 1 aromatic carbocycles. The molecule has 0 aromatic heterocycles. The van der Waals surface area contributed by atoms with Crippen LogP contribution in [0, 0.1) is 3.57 Å². The van der Waals surface area contributed by atoms with Crippen LogP contribution in [0.4, 0.5) is 0 Å². The van der Waals surface area contributed by atoms with E-state index in [1.54, 1.807) is 0 Å². The van der Waals surface area contributed by atoms with Crippen LogP contribution >= 0.6 is 22.6 Å². The number of carbonyl (C=O) groups excluding carboxylic acids is 1. The van der Waals surface area contributed by atoms with Gasteiger partial charge < -0.3 is 20.7 Å². The van der Waals surface area contributed by atoms with Crippen LogP contribution in [0.2, 0.25) is 0 Å². The maximum atomic E-state index is 10.4. The second-order valence-electron chi connectivity index (χ2n) is 2.51. The van der Waals surface area contributed by atoms with Gasteiger partial charge in [-0.1, -0.05) is 6.07 Å². The number of halogens is 1. The molecule has 0 aliphatic rings. The van der Waals surface area contributed by atoms with Crippen LogP contribution in [0.5, 0.6) is 5.75 Å². The van der Waals surface area contributed by atoms with Crippen molar-refractivity contribution in [3.05, 3.63) is 27.3 Å². The van der Waals surface area contributed by atoms with Crippen molar-refractivity contribution < 1.29 is 15.0 Å². The molecule has 0 spiro atoms. The average Bonchev–Trinajstić information content (AvgIpc) is 2.08. The molecule has 4 nitrogen and oxygen atoms in total. The third-order valence-electron chi connectivity index (χ3n) is 1.58. The molecule has 70 valence electrons. The van der Waals surface area contributed by atoms with E-state index in [4.69, 9.17) is 10.8 Å². The Morgan fingerprint density at radius 1 is 1.57 bits per heavy atom. The van der Waals surface area contributed by atoms with E-state index in [1.165, 1.54) is 18.2 Å². The molecule has 0 saturated heterocycles. The Labute approximate surface area is 125 Å². The molecule has 0 heterocycles. The number of benzene rings is 1. The third kappa shape index (κ3) is 3.54. The molecule has 1 atom stereocenters. The SMILES string of the molecule is NC(C(=O)[O-])c1ccc(O)c(I)c1.[Ca+2]. The summed E-state index contributed by atoms with van der Waals surface area (Å²) >= 11 is 1.89. The quantitative estimate of drug-likeness (QED) is 0.558. The number of phenolic OH excluding ortho intramolecular Hbond substituents is 1. The fourth-order valence-corrected chi connectivity index (χ4v) is 1.39.